The van der Waals surface area contributed by atoms with Crippen molar-refractivity contribution < 1.29 is 29.4 Å². The molecule has 7 N–H and O–H groups in total. The SMILES string of the molecule is C=C[C@H](NC(=O)[C@@H](NC(=O)[C@H](/C=C/CC(=O)NCCCC[C@H](O)CO)NC)C(C)C)C(=O)NCC. The first-order chi connectivity index (χ1) is 16.6. The minimum Gasteiger partial charge on any atom is -0.394 e. The van der Waals surface area contributed by atoms with Gasteiger partial charge in [0.25, 0.3) is 0 Å². The van der Waals surface area contributed by atoms with E-state index in [2.05, 4.69) is 33.2 Å². The molecule has 0 saturated carbocycles. The molecule has 200 valence electrons. The average molecular weight is 498 g/mol. The van der Waals surface area contributed by atoms with Gasteiger partial charge in [0.05, 0.1) is 12.7 Å². The predicted molar refractivity (Wildman–Crippen MR) is 134 cm³/mol. The van der Waals surface area contributed by atoms with Crippen LogP contribution < -0.4 is 26.6 Å². The first kappa shape index (κ1) is 32.2. The molecule has 0 aromatic carbocycles. The van der Waals surface area contributed by atoms with Crippen LogP contribution in [0.1, 0.15) is 46.5 Å². The van der Waals surface area contributed by atoms with E-state index in [0.29, 0.717) is 32.4 Å². The Labute approximate surface area is 208 Å². The summed E-state index contributed by atoms with van der Waals surface area (Å²) in [6.07, 6.45) is 5.62. The van der Waals surface area contributed by atoms with Crippen molar-refractivity contribution in [3.63, 3.8) is 0 Å². The van der Waals surface area contributed by atoms with Crippen LogP contribution in [0.5, 0.6) is 0 Å². The Balaban J connectivity index is 4.77. The number of amides is 4. The second-order valence-corrected chi connectivity index (χ2v) is 8.43. The Kier molecular flexibility index (Phi) is 17.1. The molecular formula is C24H43N5O6. The zero-order valence-electron chi connectivity index (χ0n) is 21.3. The molecule has 0 heterocycles. The summed E-state index contributed by atoms with van der Waals surface area (Å²) in [5.41, 5.74) is 0. The number of rotatable bonds is 18. The summed E-state index contributed by atoms with van der Waals surface area (Å²) in [7, 11) is 1.59. The summed E-state index contributed by atoms with van der Waals surface area (Å²) >= 11 is 0. The summed E-state index contributed by atoms with van der Waals surface area (Å²) < 4.78 is 0. The highest BCUT2D eigenvalue weighted by atomic mass is 16.3. The topological polar surface area (TPSA) is 169 Å². The number of nitrogens with one attached hydrogen (secondary N) is 5. The molecule has 0 saturated heterocycles. The Morgan fingerprint density at radius 2 is 1.66 bits per heavy atom. The smallest absolute Gasteiger partial charge is 0.246 e. The van der Waals surface area contributed by atoms with E-state index in [4.69, 9.17) is 5.11 Å². The van der Waals surface area contributed by atoms with Crippen LogP contribution in [0.2, 0.25) is 0 Å². The molecule has 0 aromatic heterocycles. The van der Waals surface area contributed by atoms with E-state index in [1.54, 1.807) is 40.0 Å². The molecule has 0 aromatic rings. The molecule has 0 aliphatic carbocycles. The highest BCUT2D eigenvalue weighted by molar-refractivity contribution is 5.94. The Morgan fingerprint density at radius 3 is 2.20 bits per heavy atom. The van der Waals surface area contributed by atoms with E-state index in [0.717, 1.165) is 0 Å². The maximum absolute atomic E-state index is 12.7. The number of carbonyl (C=O) groups is 4. The fourth-order valence-corrected chi connectivity index (χ4v) is 3.06. The number of carbonyl (C=O) groups excluding carboxylic acids is 4. The Hall–Kier alpha value is -2.76. The molecule has 4 amide bonds. The van der Waals surface area contributed by atoms with Crippen molar-refractivity contribution in [1.82, 2.24) is 26.6 Å². The number of likely N-dealkylation sites (N-methyl/N-ethyl adjacent to an activating group) is 2. The molecule has 11 heteroatoms. The van der Waals surface area contributed by atoms with Crippen LogP contribution in [0.4, 0.5) is 0 Å². The van der Waals surface area contributed by atoms with Crippen LogP contribution in [0.25, 0.3) is 0 Å². The Morgan fingerprint density at radius 1 is 0.971 bits per heavy atom. The average Bonchev–Trinajstić information content (AvgIpc) is 2.82. The summed E-state index contributed by atoms with van der Waals surface area (Å²) in [6, 6.07) is -2.56. The largest absolute Gasteiger partial charge is 0.394 e. The number of aliphatic hydroxyl groups is 2. The van der Waals surface area contributed by atoms with Crippen LogP contribution in [0, 0.1) is 5.92 Å². The first-order valence-electron chi connectivity index (χ1n) is 12.0. The molecule has 0 unspecified atom stereocenters. The molecule has 0 aliphatic heterocycles. The van der Waals surface area contributed by atoms with Crippen molar-refractivity contribution in [3.8, 4) is 0 Å². The third-order valence-corrected chi connectivity index (χ3v) is 5.14. The minimum absolute atomic E-state index is 0.0758. The third-order valence-electron chi connectivity index (χ3n) is 5.14. The van der Waals surface area contributed by atoms with Gasteiger partial charge in [-0.2, -0.15) is 0 Å². The van der Waals surface area contributed by atoms with Crippen molar-refractivity contribution in [3.05, 3.63) is 24.8 Å². The van der Waals surface area contributed by atoms with E-state index < -0.39 is 36.0 Å². The van der Waals surface area contributed by atoms with Gasteiger partial charge in [-0.25, -0.2) is 0 Å². The van der Waals surface area contributed by atoms with Gasteiger partial charge in [-0.1, -0.05) is 32.1 Å². The molecular weight excluding hydrogens is 454 g/mol. The third kappa shape index (κ3) is 13.6. The van der Waals surface area contributed by atoms with E-state index in [1.807, 2.05) is 0 Å². The van der Waals surface area contributed by atoms with Gasteiger partial charge in [-0.15, -0.1) is 6.58 Å². The molecule has 0 fully saturated rings. The van der Waals surface area contributed by atoms with E-state index in [-0.39, 0.29) is 30.8 Å². The van der Waals surface area contributed by atoms with Crippen molar-refractivity contribution >= 4 is 23.6 Å². The van der Waals surface area contributed by atoms with Crippen LogP contribution in [0.15, 0.2) is 24.8 Å². The van der Waals surface area contributed by atoms with Gasteiger partial charge in [0.2, 0.25) is 23.6 Å². The lowest BCUT2D eigenvalue weighted by atomic mass is 10.0. The number of hydrogen-bond acceptors (Lipinski definition) is 7. The van der Waals surface area contributed by atoms with Gasteiger partial charge in [-0.3, -0.25) is 19.2 Å². The monoisotopic (exact) mass is 497 g/mol. The normalized spacial score (nSPS) is 14.6. The van der Waals surface area contributed by atoms with Crippen molar-refractivity contribution in [2.24, 2.45) is 5.92 Å². The fraction of sp³-hybridized carbons (Fsp3) is 0.667. The molecule has 0 rings (SSSR count). The van der Waals surface area contributed by atoms with Crippen LogP contribution in [-0.4, -0.2) is 84.8 Å². The zero-order valence-corrected chi connectivity index (χ0v) is 21.3. The lowest BCUT2D eigenvalue weighted by Gasteiger charge is -2.25. The number of aliphatic hydroxyl groups excluding tert-OH is 2. The zero-order chi connectivity index (χ0) is 26.8. The first-order valence-corrected chi connectivity index (χ1v) is 12.0. The van der Waals surface area contributed by atoms with Gasteiger partial charge >= 0.3 is 0 Å². The summed E-state index contributed by atoms with van der Waals surface area (Å²) in [6.45, 7) is 9.48. The maximum atomic E-state index is 12.7. The van der Waals surface area contributed by atoms with Gasteiger partial charge < -0.3 is 36.8 Å². The predicted octanol–water partition coefficient (Wildman–Crippen LogP) is -0.892. The standard InChI is InChI=1S/C24H43N5O6/c1-6-18(22(33)26-7-2)28-24(35)21(16(3)4)29-23(34)19(25-5)12-10-13-20(32)27-14-9-8-11-17(31)15-30/h6,10,12,16-19,21,25,30-31H,1,7-9,11,13-15H2,2-5H3,(H,26,33)(H,27,32)(H,28,35)(H,29,34)/b12-10+/t17-,18-,19-,21-/m0/s1. The highest BCUT2D eigenvalue weighted by Gasteiger charge is 2.29. The quantitative estimate of drug-likeness (QED) is 0.0951. The highest BCUT2D eigenvalue weighted by Crippen LogP contribution is 2.05. The van der Waals surface area contributed by atoms with Gasteiger partial charge in [0, 0.05) is 19.5 Å². The second kappa shape index (κ2) is 18.6. The van der Waals surface area contributed by atoms with Gasteiger partial charge in [0.1, 0.15) is 18.1 Å². The maximum Gasteiger partial charge on any atom is 0.246 e. The van der Waals surface area contributed by atoms with E-state index >= 15 is 0 Å². The lowest BCUT2D eigenvalue weighted by Crippen LogP contribution is -2.57. The van der Waals surface area contributed by atoms with Gasteiger partial charge in [-0.05, 0) is 39.2 Å². The molecule has 0 bridgehead atoms. The summed E-state index contributed by atoms with van der Waals surface area (Å²) in [4.78, 5) is 49.5. The summed E-state index contributed by atoms with van der Waals surface area (Å²) in [5.74, 6) is -1.80. The molecule has 0 spiro atoms. The van der Waals surface area contributed by atoms with Gasteiger partial charge in [0.15, 0.2) is 0 Å². The van der Waals surface area contributed by atoms with Crippen LogP contribution >= 0.6 is 0 Å². The van der Waals surface area contributed by atoms with Crippen LogP contribution in [0.3, 0.4) is 0 Å². The number of hydrogen-bond donors (Lipinski definition) is 7. The lowest BCUT2D eigenvalue weighted by molar-refractivity contribution is -0.132. The van der Waals surface area contributed by atoms with Crippen LogP contribution in [-0.2, 0) is 19.2 Å². The Bertz CT molecular complexity index is 713. The van der Waals surface area contributed by atoms with E-state index in [1.165, 1.54) is 6.08 Å². The van der Waals surface area contributed by atoms with Crippen molar-refractivity contribution in [2.75, 3.05) is 26.7 Å². The molecule has 35 heavy (non-hydrogen) atoms. The summed E-state index contributed by atoms with van der Waals surface area (Å²) in [5, 5.41) is 31.5. The molecule has 0 radical (unpaired) electrons. The minimum atomic E-state index is -0.918. The fourth-order valence-electron chi connectivity index (χ4n) is 3.06. The molecule has 0 aliphatic rings. The second-order valence-electron chi connectivity index (χ2n) is 8.43. The van der Waals surface area contributed by atoms with Crippen molar-refractivity contribution in [2.45, 2.75) is 70.7 Å². The van der Waals surface area contributed by atoms with E-state index in [9.17, 15) is 24.3 Å². The molecule has 4 atom stereocenters. The molecule has 11 nitrogen and oxygen atoms in total. The number of unbranched alkanes of at least 4 members (excludes halogenated alkanes) is 1. The van der Waals surface area contributed by atoms with Crippen molar-refractivity contribution in [1.29, 1.82) is 0 Å².